The SMILES string of the molecule is O=C(Cn1cnc2ccccc2c1=O)Nc1nnc(-c2c(F)cccc2F)s1. The first kappa shape index (κ1) is 17.9. The molecule has 1 amide bonds. The summed E-state index contributed by atoms with van der Waals surface area (Å²) >= 11 is 0.823. The average molecular weight is 399 g/mol. The highest BCUT2D eigenvalue weighted by Crippen LogP contribution is 2.30. The number of carbonyl (C=O) groups is 1. The van der Waals surface area contributed by atoms with Gasteiger partial charge < -0.3 is 0 Å². The lowest BCUT2D eigenvalue weighted by atomic mass is 10.2. The second-order valence-corrected chi connectivity index (χ2v) is 6.73. The minimum atomic E-state index is -0.775. The molecule has 2 aromatic carbocycles. The van der Waals surface area contributed by atoms with E-state index in [1.54, 1.807) is 24.3 Å². The standard InChI is InChI=1S/C18H11F2N5O2S/c19-11-5-3-6-12(20)15(11)16-23-24-18(28-16)22-14(26)8-25-9-21-13-7-2-1-4-10(13)17(25)27/h1-7,9H,8H2,(H,22,24,26). The Morgan fingerprint density at radius 1 is 1.07 bits per heavy atom. The van der Waals surface area contributed by atoms with Crippen LogP contribution in [0.2, 0.25) is 0 Å². The normalized spacial score (nSPS) is 10.9. The van der Waals surface area contributed by atoms with E-state index in [-0.39, 0.29) is 27.8 Å². The fourth-order valence-electron chi connectivity index (χ4n) is 2.61. The van der Waals surface area contributed by atoms with E-state index in [0.717, 1.165) is 28.0 Å². The summed E-state index contributed by atoms with van der Waals surface area (Å²) in [6, 6.07) is 10.3. The van der Waals surface area contributed by atoms with Crippen LogP contribution in [0.3, 0.4) is 0 Å². The molecule has 2 heterocycles. The molecule has 28 heavy (non-hydrogen) atoms. The molecule has 140 valence electrons. The quantitative estimate of drug-likeness (QED) is 0.570. The van der Waals surface area contributed by atoms with Crippen LogP contribution in [0.5, 0.6) is 0 Å². The highest BCUT2D eigenvalue weighted by Gasteiger charge is 2.17. The molecule has 0 spiro atoms. The van der Waals surface area contributed by atoms with Gasteiger partial charge in [0.15, 0.2) is 5.01 Å². The number of halogens is 2. The summed E-state index contributed by atoms with van der Waals surface area (Å²) < 4.78 is 28.8. The molecule has 0 fully saturated rings. The van der Waals surface area contributed by atoms with Crippen LogP contribution in [0.4, 0.5) is 13.9 Å². The largest absolute Gasteiger partial charge is 0.299 e. The van der Waals surface area contributed by atoms with E-state index in [1.165, 1.54) is 12.4 Å². The molecule has 10 heteroatoms. The number of anilines is 1. The predicted octanol–water partition coefficient (Wildman–Crippen LogP) is 2.83. The molecular weight excluding hydrogens is 388 g/mol. The van der Waals surface area contributed by atoms with Gasteiger partial charge in [0.2, 0.25) is 11.0 Å². The van der Waals surface area contributed by atoms with E-state index in [0.29, 0.717) is 10.9 Å². The number of amides is 1. The van der Waals surface area contributed by atoms with Crippen molar-refractivity contribution in [2.24, 2.45) is 0 Å². The molecular formula is C18H11F2N5O2S. The fraction of sp³-hybridized carbons (Fsp3) is 0.0556. The third-order valence-corrected chi connectivity index (χ3v) is 4.75. The van der Waals surface area contributed by atoms with Gasteiger partial charge in [0.05, 0.1) is 22.8 Å². The van der Waals surface area contributed by atoms with Crippen LogP contribution in [0.1, 0.15) is 0 Å². The van der Waals surface area contributed by atoms with Gasteiger partial charge in [0.25, 0.3) is 5.56 Å². The van der Waals surface area contributed by atoms with Gasteiger partial charge in [-0.05, 0) is 24.3 Å². The van der Waals surface area contributed by atoms with Crippen molar-refractivity contribution in [1.82, 2.24) is 19.7 Å². The predicted molar refractivity (Wildman–Crippen MR) is 99.9 cm³/mol. The van der Waals surface area contributed by atoms with Crippen molar-refractivity contribution < 1.29 is 13.6 Å². The maximum absolute atomic E-state index is 13.8. The zero-order valence-electron chi connectivity index (χ0n) is 14.1. The summed E-state index contributed by atoms with van der Waals surface area (Å²) in [5.74, 6) is -2.10. The summed E-state index contributed by atoms with van der Waals surface area (Å²) in [4.78, 5) is 28.8. The fourth-order valence-corrected chi connectivity index (χ4v) is 3.42. The molecule has 0 saturated heterocycles. The second-order valence-electron chi connectivity index (χ2n) is 5.75. The van der Waals surface area contributed by atoms with Crippen LogP contribution in [-0.4, -0.2) is 25.7 Å². The average Bonchev–Trinajstić information content (AvgIpc) is 3.12. The molecule has 0 saturated carbocycles. The number of hydrogen-bond acceptors (Lipinski definition) is 6. The molecule has 0 bridgehead atoms. The topological polar surface area (TPSA) is 89.8 Å². The molecule has 4 aromatic rings. The molecule has 2 aromatic heterocycles. The van der Waals surface area contributed by atoms with Crippen LogP contribution in [-0.2, 0) is 11.3 Å². The van der Waals surface area contributed by atoms with E-state index >= 15 is 0 Å². The second kappa shape index (κ2) is 7.24. The highest BCUT2D eigenvalue weighted by molar-refractivity contribution is 7.18. The Hall–Kier alpha value is -3.53. The summed E-state index contributed by atoms with van der Waals surface area (Å²) in [6.07, 6.45) is 1.28. The number of nitrogens with one attached hydrogen (secondary N) is 1. The Morgan fingerprint density at radius 3 is 2.61 bits per heavy atom. The van der Waals surface area contributed by atoms with Crippen molar-refractivity contribution >= 4 is 33.3 Å². The molecule has 7 nitrogen and oxygen atoms in total. The minimum Gasteiger partial charge on any atom is -0.299 e. The maximum atomic E-state index is 13.8. The highest BCUT2D eigenvalue weighted by atomic mass is 32.1. The number of rotatable bonds is 4. The van der Waals surface area contributed by atoms with Gasteiger partial charge in [-0.15, -0.1) is 10.2 Å². The number of aromatic nitrogens is 4. The first-order valence-electron chi connectivity index (χ1n) is 8.05. The van der Waals surface area contributed by atoms with E-state index in [4.69, 9.17) is 0 Å². The Labute approximate surface area is 160 Å². The molecule has 0 unspecified atom stereocenters. The molecule has 4 rings (SSSR count). The van der Waals surface area contributed by atoms with E-state index in [2.05, 4.69) is 20.5 Å². The van der Waals surface area contributed by atoms with E-state index in [1.807, 2.05) is 0 Å². The van der Waals surface area contributed by atoms with Crippen molar-refractivity contribution in [1.29, 1.82) is 0 Å². The zero-order chi connectivity index (χ0) is 19.7. The number of benzene rings is 2. The number of fused-ring (bicyclic) bond motifs is 1. The van der Waals surface area contributed by atoms with Crippen LogP contribution in [0.25, 0.3) is 21.5 Å². The monoisotopic (exact) mass is 399 g/mol. The van der Waals surface area contributed by atoms with Gasteiger partial charge in [0, 0.05) is 0 Å². The van der Waals surface area contributed by atoms with Crippen molar-refractivity contribution in [3.63, 3.8) is 0 Å². The molecule has 0 aliphatic rings. The first-order valence-corrected chi connectivity index (χ1v) is 8.86. The lowest BCUT2D eigenvalue weighted by molar-refractivity contribution is -0.116. The van der Waals surface area contributed by atoms with Crippen molar-refractivity contribution in [2.45, 2.75) is 6.54 Å². The van der Waals surface area contributed by atoms with Crippen LogP contribution in [0.15, 0.2) is 53.6 Å². The number of nitrogens with zero attached hydrogens (tertiary/aromatic N) is 4. The van der Waals surface area contributed by atoms with Crippen molar-refractivity contribution in [3.8, 4) is 10.6 Å². The zero-order valence-corrected chi connectivity index (χ0v) is 14.9. The lowest BCUT2D eigenvalue weighted by Gasteiger charge is -2.06. The number of hydrogen-bond donors (Lipinski definition) is 1. The summed E-state index contributed by atoms with van der Waals surface area (Å²) in [5, 5.41) is 10.4. The Balaban J connectivity index is 1.53. The van der Waals surface area contributed by atoms with Crippen molar-refractivity contribution in [2.75, 3.05) is 5.32 Å². The first-order chi connectivity index (χ1) is 13.5. The molecule has 0 aliphatic heterocycles. The molecule has 1 N–H and O–H groups in total. The van der Waals surface area contributed by atoms with E-state index in [9.17, 15) is 18.4 Å². The van der Waals surface area contributed by atoms with Gasteiger partial charge in [-0.3, -0.25) is 19.5 Å². The van der Waals surface area contributed by atoms with Gasteiger partial charge in [0.1, 0.15) is 18.2 Å². The Bertz CT molecular complexity index is 1230. The van der Waals surface area contributed by atoms with Gasteiger partial charge in [-0.1, -0.05) is 29.5 Å². The van der Waals surface area contributed by atoms with Crippen LogP contribution in [0, 0.1) is 11.6 Å². The summed E-state index contributed by atoms with van der Waals surface area (Å²) in [7, 11) is 0. The minimum absolute atomic E-state index is 0.00422. The van der Waals surface area contributed by atoms with Crippen molar-refractivity contribution in [3.05, 3.63) is 70.8 Å². The Morgan fingerprint density at radius 2 is 1.82 bits per heavy atom. The van der Waals surface area contributed by atoms with Gasteiger partial charge >= 0.3 is 0 Å². The van der Waals surface area contributed by atoms with E-state index < -0.39 is 17.5 Å². The van der Waals surface area contributed by atoms with Gasteiger partial charge in [-0.25, -0.2) is 13.8 Å². The smallest absolute Gasteiger partial charge is 0.261 e. The Kier molecular flexibility index (Phi) is 4.62. The molecule has 0 atom stereocenters. The maximum Gasteiger partial charge on any atom is 0.261 e. The lowest BCUT2D eigenvalue weighted by Crippen LogP contribution is -2.27. The number of carbonyl (C=O) groups excluding carboxylic acids is 1. The van der Waals surface area contributed by atoms with Gasteiger partial charge in [-0.2, -0.15) is 0 Å². The van der Waals surface area contributed by atoms with Crippen LogP contribution >= 0.6 is 11.3 Å². The summed E-state index contributed by atoms with van der Waals surface area (Å²) in [6.45, 7) is -0.292. The number of para-hydroxylation sites is 1. The van der Waals surface area contributed by atoms with Crippen LogP contribution < -0.4 is 10.9 Å². The third-order valence-electron chi connectivity index (χ3n) is 3.89. The third kappa shape index (κ3) is 3.37. The molecule has 0 radical (unpaired) electrons. The molecule has 0 aliphatic carbocycles. The summed E-state index contributed by atoms with van der Waals surface area (Å²) in [5.41, 5.74) is -0.132.